The van der Waals surface area contributed by atoms with Gasteiger partial charge in [0.05, 0.1) is 11.9 Å². The molecule has 0 fully saturated rings. The van der Waals surface area contributed by atoms with Crippen LogP contribution in [0.15, 0.2) is 67.5 Å². The SMILES string of the molecule is C=CC(=O)N(C)CCn1nc(C2=CCC(C)(Oc3ccccc3)C=C2)c2c(N)ncnc21. The van der Waals surface area contributed by atoms with E-state index in [0.29, 0.717) is 42.1 Å². The average Bonchev–Trinajstić information content (AvgIpc) is 3.17. The van der Waals surface area contributed by atoms with Crippen LogP contribution in [0.3, 0.4) is 0 Å². The van der Waals surface area contributed by atoms with Gasteiger partial charge < -0.3 is 15.4 Å². The van der Waals surface area contributed by atoms with Gasteiger partial charge in [-0.15, -0.1) is 0 Å². The van der Waals surface area contributed by atoms with Crippen LogP contribution in [0.1, 0.15) is 19.0 Å². The number of ether oxygens (including phenoxy) is 1. The van der Waals surface area contributed by atoms with E-state index >= 15 is 0 Å². The molecule has 1 unspecified atom stereocenters. The van der Waals surface area contributed by atoms with Crippen molar-refractivity contribution in [3.05, 3.63) is 73.2 Å². The van der Waals surface area contributed by atoms with E-state index < -0.39 is 5.60 Å². The summed E-state index contributed by atoms with van der Waals surface area (Å²) in [6.07, 6.45) is 9.52. The molecule has 1 aliphatic carbocycles. The minimum absolute atomic E-state index is 0.147. The first kappa shape index (κ1) is 21.3. The average molecular weight is 431 g/mol. The molecule has 8 heteroatoms. The molecule has 0 aliphatic heterocycles. The zero-order chi connectivity index (χ0) is 22.7. The fourth-order valence-corrected chi connectivity index (χ4v) is 3.62. The Kier molecular flexibility index (Phi) is 5.77. The van der Waals surface area contributed by atoms with E-state index in [4.69, 9.17) is 15.6 Å². The summed E-state index contributed by atoms with van der Waals surface area (Å²) in [4.78, 5) is 21.9. The van der Waals surface area contributed by atoms with Crippen LogP contribution in [0.4, 0.5) is 5.82 Å². The molecule has 0 radical (unpaired) electrons. The Morgan fingerprint density at radius 1 is 1.34 bits per heavy atom. The number of hydrogen-bond donors (Lipinski definition) is 1. The van der Waals surface area contributed by atoms with Crippen molar-refractivity contribution in [3.63, 3.8) is 0 Å². The Labute approximate surface area is 186 Å². The van der Waals surface area contributed by atoms with Gasteiger partial charge >= 0.3 is 0 Å². The number of allylic oxidation sites excluding steroid dienone is 2. The van der Waals surface area contributed by atoms with Gasteiger partial charge in [-0.2, -0.15) is 5.10 Å². The third-order valence-corrected chi connectivity index (χ3v) is 5.47. The van der Waals surface area contributed by atoms with Crippen LogP contribution in [0, 0.1) is 0 Å². The lowest BCUT2D eigenvalue weighted by molar-refractivity contribution is -0.124. The van der Waals surface area contributed by atoms with Crippen molar-refractivity contribution in [3.8, 4) is 5.75 Å². The van der Waals surface area contributed by atoms with Crippen molar-refractivity contribution in [2.24, 2.45) is 0 Å². The number of likely N-dealkylation sites (N-methyl/N-ethyl adjacent to an activating group) is 1. The molecule has 164 valence electrons. The van der Waals surface area contributed by atoms with Crippen molar-refractivity contribution in [1.82, 2.24) is 24.6 Å². The highest BCUT2D eigenvalue weighted by Crippen LogP contribution is 2.34. The number of aromatic nitrogens is 4. The topological polar surface area (TPSA) is 99.2 Å². The normalized spacial score (nSPS) is 17.8. The smallest absolute Gasteiger partial charge is 0.245 e. The number of nitrogen functional groups attached to an aromatic ring is 1. The largest absolute Gasteiger partial charge is 0.483 e. The number of carbonyl (C=O) groups is 1. The molecule has 0 bridgehead atoms. The number of benzene rings is 1. The van der Waals surface area contributed by atoms with Crippen molar-refractivity contribution in [2.45, 2.75) is 25.5 Å². The van der Waals surface area contributed by atoms with Gasteiger partial charge in [-0.05, 0) is 36.8 Å². The molecule has 0 saturated heterocycles. The minimum atomic E-state index is -0.459. The Morgan fingerprint density at radius 3 is 2.81 bits per heavy atom. The van der Waals surface area contributed by atoms with E-state index in [1.165, 1.54) is 12.4 Å². The summed E-state index contributed by atoms with van der Waals surface area (Å²) in [6.45, 7) is 6.50. The van der Waals surface area contributed by atoms with Crippen LogP contribution in [-0.2, 0) is 11.3 Å². The van der Waals surface area contributed by atoms with Crippen molar-refractivity contribution < 1.29 is 9.53 Å². The van der Waals surface area contributed by atoms with Gasteiger partial charge in [-0.3, -0.25) is 4.79 Å². The third-order valence-electron chi connectivity index (χ3n) is 5.47. The minimum Gasteiger partial charge on any atom is -0.483 e. The number of rotatable bonds is 7. The Bertz CT molecular complexity index is 1210. The summed E-state index contributed by atoms with van der Waals surface area (Å²) in [5.74, 6) is 1.04. The van der Waals surface area contributed by atoms with E-state index in [1.807, 2.05) is 49.4 Å². The van der Waals surface area contributed by atoms with Gasteiger partial charge in [0.2, 0.25) is 5.91 Å². The molecule has 3 aromatic rings. The van der Waals surface area contributed by atoms with Gasteiger partial charge in [-0.1, -0.05) is 36.9 Å². The molecule has 0 saturated carbocycles. The molecule has 8 nitrogen and oxygen atoms in total. The van der Waals surface area contributed by atoms with Crippen LogP contribution in [0.2, 0.25) is 0 Å². The van der Waals surface area contributed by atoms with Gasteiger partial charge in [0.15, 0.2) is 5.65 Å². The van der Waals surface area contributed by atoms with Gasteiger partial charge in [-0.25, -0.2) is 14.6 Å². The number of anilines is 1. The van der Waals surface area contributed by atoms with Crippen LogP contribution in [0.5, 0.6) is 5.75 Å². The predicted octanol–water partition coefficient (Wildman–Crippen LogP) is 3.23. The zero-order valence-corrected chi connectivity index (χ0v) is 18.2. The summed E-state index contributed by atoms with van der Waals surface area (Å²) in [5, 5.41) is 5.48. The number of para-hydroxylation sites is 1. The zero-order valence-electron chi connectivity index (χ0n) is 18.2. The first-order valence-electron chi connectivity index (χ1n) is 10.4. The Morgan fingerprint density at radius 2 is 2.12 bits per heavy atom. The van der Waals surface area contributed by atoms with Crippen LogP contribution in [-0.4, -0.2) is 49.7 Å². The van der Waals surface area contributed by atoms with Gasteiger partial charge in [0, 0.05) is 20.0 Å². The Balaban J connectivity index is 1.61. The molecule has 4 rings (SSSR count). The van der Waals surface area contributed by atoms with Crippen molar-refractivity contribution in [2.75, 3.05) is 19.3 Å². The number of fused-ring (bicyclic) bond motifs is 1. The lowest BCUT2D eigenvalue weighted by Crippen LogP contribution is -2.30. The third kappa shape index (κ3) is 4.25. The molecule has 0 spiro atoms. The molecule has 2 N–H and O–H groups in total. The molecule has 1 aliphatic rings. The van der Waals surface area contributed by atoms with Crippen LogP contribution >= 0.6 is 0 Å². The van der Waals surface area contributed by atoms with Gasteiger partial charge in [0.25, 0.3) is 0 Å². The van der Waals surface area contributed by atoms with Crippen LogP contribution in [0.25, 0.3) is 16.6 Å². The number of nitrogens with two attached hydrogens (primary N) is 1. The second-order valence-electron chi connectivity index (χ2n) is 7.92. The summed E-state index contributed by atoms with van der Waals surface area (Å²) >= 11 is 0. The molecular formula is C24H26N6O2. The fraction of sp³-hybridized carbons (Fsp3) is 0.250. The van der Waals surface area contributed by atoms with Crippen molar-refractivity contribution >= 4 is 28.3 Å². The maximum atomic E-state index is 11.8. The maximum absolute atomic E-state index is 11.8. The van der Waals surface area contributed by atoms with E-state index in [9.17, 15) is 4.79 Å². The summed E-state index contributed by atoms with van der Waals surface area (Å²) in [5.41, 5.74) is 8.02. The Hall–Kier alpha value is -3.94. The number of hydrogen-bond acceptors (Lipinski definition) is 6. The first-order valence-corrected chi connectivity index (χ1v) is 10.4. The predicted molar refractivity (Wildman–Crippen MR) is 125 cm³/mol. The second-order valence-corrected chi connectivity index (χ2v) is 7.92. The van der Waals surface area contributed by atoms with Crippen LogP contribution < -0.4 is 10.5 Å². The summed E-state index contributed by atoms with van der Waals surface area (Å²) in [6, 6.07) is 9.75. The van der Waals surface area contributed by atoms with E-state index in [1.54, 1.807) is 16.6 Å². The maximum Gasteiger partial charge on any atom is 0.245 e. The highest BCUT2D eigenvalue weighted by atomic mass is 16.5. The highest BCUT2D eigenvalue weighted by molar-refractivity contribution is 5.97. The monoisotopic (exact) mass is 430 g/mol. The quantitative estimate of drug-likeness (QED) is 0.578. The number of nitrogens with zero attached hydrogens (tertiary/aromatic N) is 5. The highest BCUT2D eigenvalue weighted by Gasteiger charge is 2.27. The second kappa shape index (κ2) is 8.66. The lowest BCUT2D eigenvalue weighted by atomic mass is 9.92. The number of carbonyl (C=O) groups excluding carboxylic acids is 1. The van der Waals surface area contributed by atoms with E-state index in [2.05, 4.69) is 22.6 Å². The first-order chi connectivity index (χ1) is 15.4. The molecule has 2 aromatic heterocycles. The lowest BCUT2D eigenvalue weighted by Gasteiger charge is -2.29. The van der Waals surface area contributed by atoms with E-state index in [0.717, 1.165) is 11.3 Å². The summed E-state index contributed by atoms with van der Waals surface area (Å²) < 4.78 is 7.95. The molecule has 1 amide bonds. The molecule has 32 heavy (non-hydrogen) atoms. The summed E-state index contributed by atoms with van der Waals surface area (Å²) in [7, 11) is 1.72. The fourth-order valence-electron chi connectivity index (χ4n) is 3.62. The van der Waals surface area contributed by atoms with Gasteiger partial charge in [0.1, 0.15) is 29.2 Å². The number of amides is 1. The standard InChI is InChI=1S/C24H26N6O2/c1-4-19(31)29(3)14-15-30-23-20(22(25)26-16-27-23)21(28-30)17-10-12-24(2,13-11-17)32-18-8-6-5-7-9-18/h4-12,16H,1,13-15H2,2-3H3,(H2,25,26,27). The van der Waals surface area contributed by atoms with E-state index in [-0.39, 0.29) is 5.91 Å². The van der Waals surface area contributed by atoms with Crippen molar-refractivity contribution in [1.29, 1.82) is 0 Å². The molecular weight excluding hydrogens is 404 g/mol. The molecule has 2 heterocycles. The molecule has 1 atom stereocenters. The molecule has 1 aromatic carbocycles.